The summed E-state index contributed by atoms with van der Waals surface area (Å²) in [6, 6.07) is 9.47. The number of nitrogens with zero attached hydrogens (tertiary/aromatic N) is 1. The molecule has 0 radical (unpaired) electrons. The molecule has 1 aromatic carbocycles. The Balaban J connectivity index is 2.06. The van der Waals surface area contributed by atoms with Crippen LogP contribution in [0.2, 0.25) is 0 Å². The summed E-state index contributed by atoms with van der Waals surface area (Å²) < 4.78 is 0. The summed E-state index contributed by atoms with van der Waals surface area (Å²) in [6.07, 6.45) is 0.937. The topological polar surface area (TPSA) is 57.6 Å². The Bertz CT molecular complexity index is 447. The van der Waals surface area contributed by atoms with Crippen LogP contribution in [0.15, 0.2) is 30.3 Å². The number of hydrogen-bond acceptors (Lipinski definition) is 3. The van der Waals surface area contributed by atoms with Crippen molar-refractivity contribution in [3.05, 3.63) is 35.9 Å². The quantitative estimate of drug-likeness (QED) is 0.796. The monoisotopic (exact) mass is 247 g/mol. The van der Waals surface area contributed by atoms with Gasteiger partial charge in [-0.2, -0.15) is 0 Å². The van der Waals surface area contributed by atoms with Crippen LogP contribution < -0.4 is 0 Å². The van der Waals surface area contributed by atoms with Crippen LogP contribution in [0.5, 0.6) is 0 Å². The molecule has 1 heterocycles. The fourth-order valence-electron chi connectivity index (χ4n) is 2.34. The zero-order chi connectivity index (χ0) is 13.2. The van der Waals surface area contributed by atoms with Crippen LogP contribution in [0.4, 0.5) is 0 Å². The van der Waals surface area contributed by atoms with E-state index in [0.29, 0.717) is 25.9 Å². The highest BCUT2D eigenvalue weighted by molar-refractivity contribution is 6.35. The van der Waals surface area contributed by atoms with Gasteiger partial charge in [0.05, 0.1) is 5.60 Å². The van der Waals surface area contributed by atoms with Crippen LogP contribution >= 0.6 is 0 Å². The van der Waals surface area contributed by atoms with Gasteiger partial charge in [0.1, 0.15) is 0 Å². The lowest BCUT2D eigenvalue weighted by Gasteiger charge is -2.38. The fraction of sp³-hybridized carbons (Fsp3) is 0.429. The van der Waals surface area contributed by atoms with E-state index in [1.165, 1.54) is 11.8 Å². The number of rotatable bonds is 2. The van der Waals surface area contributed by atoms with E-state index in [1.807, 2.05) is 30.3 Å². The van der Waals surface area contributed by atoms with Crippen molar-refractivity contribution in [1.82, 2.24) is 4.90 Å². The lowest BCUT2D eigenvalue weighted by Crippen LogP contribution is -2.46. The van der Waals surface area contributed by atoms with Gasteiger partial charge in [0.2, 0.25) is 5.78 Å². The van der Waals surface area contributed by atoms with Crippen LogP contribution in [-0.2, 0) is 15.2 Å². The minimum Gasteiger partial charge on any atom is -0.385 e. The molecule has 18 heavy (non-hydrogen) atoms. The van der Waals surface area contributed by atoms with Gasteiger partial charge in [-0.3, -0.25) is 9.59 Å². The van der Waals surface area contributed by atoms with Crippen molar-refractivity contribution in [2.45, 2.75) is 25.4 Å². The first-order valence-electron chi connectivity index (χ1n) is 6.11. The third-order valence-corrected chi connectivity index (χ3v) is 3.49. The van der Waals surface area contributed by atoms with E-state index in [9.17, 15) is 14.7 Å². The zero-order valence-corrected chi connectivity index (χ0v) is 10.4. The van der Waals surface area contributed by atoms with Gasteiger partial charge in [-0.15, -0.1) is 0 Å². The molecule has 2 rings (SSSR count). The minimum absolute atomic E-state index is 0.420. The number of amides is 1. The van der Waals surface area contributed by atoms with Crippen molar-refractivity contribution in [2.75, 3.05) is 13.1 Å². The molecule has 0 aliphatic carbocycles. The highest BCUT2D eigenvalue weighted by atomic mass is 16.3. The van der Waals surface area contributed by atoms with Crippen molar-refractivity contribution >= 4 is 11.7 Å². The van der Waals surface area contributed by atoms with Crippen LogP contribution in [0, 0.1) is 0 Å². The molecule has 0 atom stereocenters. The number of Topliss-reactive ketones (excluding diaryl/α,β-unsaturated/α-hetero) is 1. The molecule has 1 aliphatic heterocycles. The maximum atomic E-state index is 11.5. The number of likely N-dealkylation sites (tertiary alicyclic amines) is 1. The summed E-state index contributed by atoms with van der Waals surface area (Å²) in [7, 11) is 0. The molecule has 1 saturated heterocycles. The molecule has 1 N–H and O–H groups in total. The summed E-state index contributed by atoms with van der Waals surface area (Å²) in [5.41, 5.74) is -0.00520. The van der Waals surface area contributed by atoms with Crippen LogP contribution in [0.1, 0.15) is 25.3 Å². The van der Waals surface area contributed by atoms with Gasteiger partial charge in [-0.25, -0.2) is 0 Å². The molecule has 0 unspecified atom stereocenters. The summed E-state index contributed by atoms with van der Waals surface area (Å²) in [4.78, 5) is 24.1. The smallest absolute Gasteiger partial charge is 0.289 e. The summed E-state index contributed by atoms with van der Waals surface area (Å²) in [6.45, 7) is 2.12. The second-order valence-corrected chi connectivity index (χ2v) is 4.75. The van der Waals surface area contributed by atoms with E-state index in [0.717, 1.165) is 5.56 Å². The molecule has 0 bridgehead atoms. The zero-order valence-electron chi connectivity index (χ0n) is 10.4. The Kier molecular flexibility index (Phi) is 3.48. The third kappa shape index (κ3) is 2.43. The molecule has 1 amide bonds. The van der Waals surface area contributed by atoms with Crippen molar-refractivity contribution in [3.8, 4) is 0 Å². The molecule has 4 heteroatoms. The molecular weight excluding hydrogens is 230 g/mol. The Hall–Kier alpha value is -1.68. The Labute approximate surface area is 106 Å². The molecule has 96 valence electrons. The van der Waals surface area contributed by atoms with E-state index in [2.05, 4.69) is 0 Å². The van der Waals surface area contributed by atoms with E-state index in [4.69, 9.17) is 0 Å². The van der Waals surface area contributed by atoms with E-state index < -0.39 is 17.3 Å². The average Bonchev–Trinajstić information content (AvgIpc) is 2.40. The maximum absolute atomic E-state index is 11.5. The highest BCUT2D eigenvalue weighted by Crippen LogP contribution is 2.32. The van der Waals surface area contributed by atoms with Gasteiger partial charge in [0, 0.05) is 20.0 Å². The number of aliphatic hydroxyl groups is 1. The second kappa shape index (κ2) is 4.90. The van der Waals surface area contributed by atoms with Gasteiger partial charge in [0.25, 0.3) is 5.91 Å². The fourth-order valence-corrected chi connectivity index (χ4v) is 2.34. The normalized spacial score (nSPS) is 18.4. The number of carbonyl (C=O) groups is 2. The lowest BCUT2D eigenvalue weighted by molar-refractivity contribution is -0.146. The Morgan fingerprint density at radius 3 is 2.22 bits per heavy atom. The number of benzene rings is 1. The molecule has 1 fully saturated rings. The SMILES string of the molecule is CC(=O)C(=O)N1CCC(O)(c2ccccc2)CC1. The Morgan fingerprint density at radius 1 is 1.17 bits per heavy atom. The summed E-state index contributed by atoms with van der Waals surface area (Å²) in [5.74, 6) is -0.898. The van der Waals surface area contributed by atoms with Crippen LogP contribution in [0.25, 0.3) is 0 Å². The number of piperidine rings is 1. The molecule has 4 nitrogen and oxygen atoms in total. The van der Waals surface area contributed by atoms with Gasteiger partial charge < -0.3 is 10.0 Å². The van der Waals surface area contributed by atoms with E-state index in [1.54, 1.807) is 0 Å². The first-order valence-corrected chi connectivity index (χ1v) is 6.11. The van der Waals surface area contributed by atoms with E-state index >= 15 is 0 Å². The summed E-state index contributed by atoms with van der Waals surface area (Å²) in [5, 5.41) is 10.6. The standard InChI is InChI=1S/C14H17NO3/c1-11(16)13(17)15-9-7-14(18,8-10-15)12-5-3-2-4-6-12/h2-6,18H,7-10H2,1H3. The molecule has 1 aliphatic rings. The van der Waals surface area contributed by atoms with Crippen LogP contribution in [0.3, 0.4) is 0 Å². The minimum atomic E-state index is -0.880. The maximum Gasteiger partial charge on any atom is 0.289 e. The van der Waals surface area contributed by atoms with Gasteiger partial charge >= 0.3 is 0 Å². The molecule has 0 aromatic heterocycles. The predicted molar refractivity (Wildman–Crippen MR) is 66.8 cm³/mol. The summed E-state index contributed by atoms with van der Waals surface area (Å²) >= 11 is 0. The molecule has 0 spiro atoms. The molecule has 0 saturated carbocycles. The number of carbonyl (C=O) groups excluding carboxylic acids is 2. The van der Waals surface area contributed by atoms with Crippen molar-refractivity contribution in [2.24, 2.45) is 0 Å². The largest absolute Gasteiger partial charge is 0.385 e. The van der Waals surface area contributed by atoms with Crippen molar-refractivity contribution in [1.29, 1.82) is 0 Å². The van der Waals surface area contributed by atoms with Gasteiger partial charge in [0.15, 0.2) is 0 Å². The Morgan fingerprint density at radius 2 is 1.72 bits per heavy atom. The average molecular weight is 247 g/mol. The first-order chi connectivity index (χ1) is 8.53. The first kappa shape index (κ1) is 12.8. The second-order valence-electron chi connectivity index (χ2n) is 4.75. The third-order valence-electron chi connectivity index (χ3n) is 3.49. The van der Waals surface area contributed by atoms with Crippen molar-refractivity contribution in [3.63, 3.8) is 0 Å². The molecule has 1 aromatic rings. The predicted octanol–water partition coefficient (Wildman–Crippen LogP) is 1.09. The van der Waals surface area contributed by atoms with E-state index in [-0.39, 0.29) is 0 Å². The van der Waals surface area contributed by atoms with Gasteiger partial charge in [-0.05, 0) is 18.4 Å². The van der Waals surface area contributed by atoms with Gasteiger partial charge in [-0.1, -0.05) is 30.3 Å². The number of hydrogen-bond donors (Lipinski definition) is 1. The number of ketones is 1. The molecular formula is C14H17NO3. The van der Waals surface area contributed by atoms with Crippen LogP contribution in [-0.4, -0.2) is 34.8 Å². The van der Waals surface area contributed by atoms with Crippen molar-refractivity contribution < 1.29 is 14.7 Å². The lowest BCUT2D eigenvalue weighted by atomic mass is 9.84. The highest BCUT2D eigenvalue weighted by Gasteiger charge is 2.35.